The molecule has 8 heteroatoms. The number of unbranched alkanes of at least 4 members (excludes halogenated alkanes) is 1. The summed E-state index contributed by atoms with van der Waals surface area (Å²) in [5.74, 6) is -0.801. The number of likely N-dealkylation sites (N-methyl/N-ethyl adjacent to an activating group) is 1. The fourth-order valence-electron chi connectivity index (χ4n) is 4.44. The van der Waals surface area contributed by atoms with Gasteiger partial charge >= 0.3 is 0 Å². The Balaban J connectivity index is 0.00000392. The Morgan fingerprint density at radius 2 is 1.68 bits per heavy atom. The number of ether oxygens (including phenoxy) is 1. The van der Waals surface area contributed by atoms with Crippen LogP contribution in [0, 0.1) is 10.8 Å². The number of hydrogen-bond acceptors (Lipinski definition) is 5. The summed E-state index contributed by atoms with van der Waals surface area (Å²) in [4.78, 5) is 48.7. The quantitative estimate of drug-likeness (QED) is 0.393. The van der Waals surface area contributed by atoms with E-state index in [-0.39, 0.29) is 68.4 Å². The minimum atomic E-state index is -0.805. The monoisotopic (exact) mass is 466 g/mol. The molecule has 28 heavy (non-hydrogen) atoms. The maximum absolute atomic E-state index is 12.9. The molecule has 2 heterocycles. The average Bonchev–Trinajstić information content (AvgIpc) is 3.09. The normalized spacial score (nSPS) is 30.6. The maximum atomic E-state index is 12.9. The third-order valence-electron chi connectivity index (χ3n) is 6.14. The van der Waals surface area contributed by atoms with Crippen LogP contribution in [0.15, 0.2) is 11.1 Å². The number of Topliss-reactive ketones (excluding diaryl/α,β-unsaturated/α-hetero) is 1. The van der Waals surface area contributed by atoms with Crippen LogP contribution in [0.5, 0.6) is 0 Å². The molecule has 0 aromatic heterocycles. The molecule has 2 rings (SSSR count). The molecular weight excluding hydrogens is 437 g/mol. The Morgan fingerprint density at radius 1 is 1.11 bits per heavy atom. The smallest absolute Gasteiger partial charge is 0.250 e. The van der Waals surface area contributed by atoms with E-state index in [2.05, 4.69) is 10.6 Å². The van der Waals surface area contributed by atoms with Gasteiger partial charge in [0.15, 0.2) is 0 Å². The van der Waals surface area contributed by atoms with Crippen molar-refractivity contribution in [2.45, 2.75) is 65.6 Å². The van der Waals surface area contributed by atoms with Gasteiger partial charge in [0, 0.05) is 58.1 Å². The van der Waals surface area contributed by atoms with E-state index in [1.165, 1.54) is 14.0 Å². The molecule has 0 spiro atoms. The van der Waals surface area contributed by atoms with Crippen LogP contribution in [0.3, 0.4) is 0 Å². The Bertz CT molecular complexity index is 692. The van der Waals surface area contributed by atoms with Crippen molar-refractivity contribution in [1.29, 1.82) is 0 Å². The molecule has 2 amide bonds. The standard InChI is InChI=1S/C20H29N2O5.Y/c1-6-7-9-22-18(26)14-13(17(25)21-5)15-19(3,8-10-23)20(4,11-12(2)24)16(14)27-15;/h15-16H,6-9,11H2,1-5H3,(H,21,25)(H,22,26);/q-1;. The summed E-state index contributed by atoms with van der Waals surface area (Å²) in [5.41, 5.74) is -1.05. The second-order valence-electron chi connectivity index (χ2n) is 7.95. The molecule has 2 bridgehead atoms. The molecule has 4 unspecified atom stereocenters. The molecule has 1 fully saturated rings. The summed E-state index contributed by atoms with van der Waals surface area (Å²) in [6.07, 6.45) is 2.40. The first kappa shape index (κ1) is 25.1. The molecule has 2 aliphatic heterocycles. The number of fused-ring (bicyclic) bond motifs is 2. The number of ketones is 1. The van der Waals surface area contributed by atoms with E-state index in [9.17, 15) is 19.2 Å². The van der Waals surface area contributed by atoms with Gasteiger partial charge in [-0.25, -0.2) is 0 Å². The molecule has 2 aliphatic rings. The van der Waals surface area contributed by atoms with E-state index < -0.39 is 28.9 Å². The molecule has 1 radical (unpaired) electrons. The van der Waals surface area contributed by atoms with Crippen molar-refractivity contribution in [2.24, 2.45) is 10.8 Å². The van der Waals surface area contributed by atoms with Crippen molar-refractivity contribution in [3.05, 3.63) is 11.1 Å². The Morgan fingerprint density at radius 3 is 2.18 bits per heavy atom. The molecule has 0 aromatic carbocycles. The van der Waals surface area contributed by atoms with Crippen molar-refractivity contribution in [1.82, 2.24) is 10.6 Å². The average molecular weight is 466 g/mol. The summed E-state index contributed by atoms with van der Waals surface area (Å²) in [7, 11) is 1.49. The second kappa shape index (κ2) is 9.72. The van der Waals surface area contributed by atoms with Crippen LogP contribution < -0.4 is 10.6 Å². The summed E-state index contributed by atoms with van der Waals surface area (Å²) in [6, 6.07) is 0. The molecule has 7 nitrogen and oxygen atoms in total. The van der Waals surface area contributed by atoms with E-state index in [4.69, 9.17) is 4.74 Å². The van der Waals surface area contributed by atoms with Crippen molar-refractivity contribution in [3.63, 3.8) is 0 Å². The summed E-state index contributed by atoms with van der Waals surface area (Å²) < 4.78 is 6.11. The van der Waals surface area contributed by atoms with Crippen molar-refractivity contribution in [2.75, 3.05) is 13.6 Å². The Hall–Kier alpha value is -0.916. The zero-order chi connectivity index (χ0) is 20.4. The van der Waals surface area contributed by atoms with E-state index in [1.807, 2.05) is 27.1 Å². The second-order valence-corrected chi connectivity index (χ2v) is 7.95. The number of nitrogens with one attached hydrogen (secondary N) is 2. The van der Waals surface area contributed by atoms with Crippen LogP contribution in [0.2, 0.25) is 0 Å². The van der Waals surface area contributed by atoms with Gasteiger partial charge in [0.25, 0.3) is 0 Å². The number of amides is 2. The molecule has 0 aliphatic carbocycles. The fourth-order valence-corrected chi connectivity index (χ4v) is 4.44. The summed E-state index contributed by atoms with van der Waals surface area (Å²) in [5, 5.41) is 5.42. The van der Waals surface area contributed by atoms with Gasteiger partial charge in [0.05, 0.1) is 23.4 Å². The zero-order valence-corrected chi connectivity index (χ0v) is 20.1. The van der Waals surface area contributed by atoms with Crippen molar-refractivity contribution in [3.8, 4) is 0 Å². The van der Waals surface area contributed by atoms with Crippen LogP contribution in [0.4, 0.5) is 0 Å². The van der Waals surface area contributed by atoms with Gasteiger partial charge in [-0.15, -0.1) is 6.42 Å². The largest absolute Gasteiger partial charge is 0.542 e. The molecule has 4 atom stereocenters. The van der Waals surface area contributed by atoms with Crippen LogP contribution in [0.25, 0.3) is 0 Å². The molecule has 0 aromatic rings. The minimum absolute atomic E-state index is 0. The van der Waals surface area contributed by atoms with Gasteiger partial charge in [-0.05, 0) is 18.8 Å². The Kier molecular flexibility index (Phi) is 8.72. The number of hydrogen-bond donors (Lipinski definition) is 2. The maximum Gasteiger partial charge on any atom is 0.250 e. The first-order valence-corrected chi connectivity index (χ1v) is 9.42. The van der Waals surface area contributed by atoms with Crippen LogP contribution in [0.1, 0.15) is 53.4 Å². The van der Waals surface area contributed by atoms with Gasteiger partial charge in [-0.3, -0.25) is 15.9 Å². The predicted octanol–water partition coefficient (Wildman–Crippen LogP) is 1.22. The first-order valence-electron chi connectivity index (χ1n) is 9.42. The molecule has 2 N–H and O–H groups in total. The summed E-state index contributed by atoms with van der Waals surface area (Å²) in [6.45, 7) is 7.69. The van der Waals surface area contributed by atoms with Crippen LogP contribution in [-0.4, -0.2) is 49.7 Å². The van der Waals surface area contributed by atoms with E-state index in [0.29, 0.717) is 6.54 Å². The van der Waals surface area contributed by atoms with Gasteiger partial charge < -0.3 is 25.0 Å². The zero-order valence-electron chi connectivity index (χ0n) is 17.3. The molecule has 153 valence electrons. The SMILES string of the molecule is CCCCNC(=O)C1=C(C(=O)NC)C2OC1C(C)(CC(C)=O)C2(C)C[C-]=O.[Y]. The van der Waals surface area contributed by atoms with Crippen LogP contribution in [-0.2, 0) is 56.6 Å². The first-order chi connectivity index (χ1) is 12.7. The number of carbonyl (C=O) groups excluding carboxylic acids is 4. The predicted molar refractivity (Wildman–Crippen MR) is 99.5 cm³/mol. The Labute approximate surface area is 191 Å². The fraction of sp³-hybridized carbons (Fsp3) is 0.700. The van der Waals surface area contributed by atoms with Gasteiger partial charge in [-0.1, -0.05) is 27.2 Å². The van der Waals surface area contributed by atoms with Gasteiger partial charge in [0.1, 0.15) is 5.78 Å². The van der Waals surface area contributed by atoms with Gasteiger partial charge in [-0.2, -0.15) is 0 Å². The van der Waals surface area contributed by atoms with Crippen LogP contribution >= 0.6 is 0 Å². The number of carbonyl (C=O) groups is 3. The van der Waals surface area contributed by atoms with E-state index in [1.54, 1.807) is 0 Å². The van der Waals surface area contributed by atoms with Gasteiger partial charge in [0.2, 0.25) is 11.8 Å². The van der Waals surface area contributed by atoms with Crippen molar-refractivity contribution >= 4 is 23.9 Å². The number of rotatable bonds is 9. The summed E-state index contributed by atoms with van der Waals surface area (Å²) >= 11 is 0. The minimum Gasteiger partial charge on any atom is -0.542 e. The topological polar surface area (TPSA) is 102 Å². The molecular formula is C20H29N2O5Y-. The molecule has 0 saturated carbocycles. The van der Waals surface area contributed by atoms with E-state index in [0.717, 1.165) is 12.8 Å². The van der Waals surface area contributed by atoms with E-state index >= 15 is 0 Å². The third-order valence-corrected chi connectivity index (χ3v) is 6.14. The third kappa shape index (κ3) is 4.03. The van der Waals surface area contributed by atoms with Crippen molar-refractivity contribution < 1.29 is 56.6 Å². The molecule has 1 saturated heterocycles.